The lowest BCUT2D eigenvalue weighted by atomic mass is 10.1. The Labute approximate surface area is 156 Å². The van der Waals surface area contributed by atoms with Crippen LogP contribution in [0.2, 0.25) is 0 Å². The maximum absolute atomic E-state index is 12.2. The van der Waals surface area contributed by atoms with Crippen molar-refractivity contribution in [3.05, 3.63) is 59.1 Å². The van der Waals surface area contributed by atoms with Gasteiger partial charge in [0, 0.05) is 12.1 Å². The smallest absolute Gasteiger partial charge is 0.228 e. The van der Waals surface area contributed by atoms with Gasteiger partial charge in [-0.1, -0.05) is 24.3 Å². The molecule has 1 amide bonds. The first-order valence-corrected chi connectivity index (χ1v) is 11.1. The molecule has 1 fully saturated rings. The summed E-state index contributed by atoms with van der Waals surface area (Å²) in [5.74, 6) is -0.604. The van der Waals surface area contributed by atoms with Crippen LogP contribution in [0.25, 0.3) is 10.2 Å². The third-order valence-electron chi connectivity index (χ3n) is 4.52. The molecule has 134 valence electrons. The van der Waals surface area contributed by atoms with E-state index in [0.717, 1.165) is 22.5 Å². The number of fused-ring (bicyclic) bond motifs is 1. The van der Waals surface area contributed by atoms with Crippen LogP contribution in [-0.2, 0) is 21.1 Å². The number of para-hydroxylation sites is 1. The van der Waals surface area contributed by atoms with Crippen molar-refractivity contribution >= 4 is 43.0 Å². The average Bonchev–Trinajstić information content (AvgIpc) is 3.18. The van der Waals surface area contributed by atoms with E-state index in [1.165, 1.54) is 4.70 Å². The maximum atomic E-state index is 12.2. The number of amides is 1. The number of carbonyl (C=O) groups is 1. The van der Waals surface area contributed by atoms with E-state index in [9.17, 15) is 13.2 Å². The van der Waals surface area contributed by atoms with Crippen molar-refractivity contribution in [2.24, 2.45) is 5.92 Å². The Morgan fingerprint density at radius 1 is 1.15 bits per heavy atom. The minimum absolute atomic E-state index is 0.0471. The number of thiazole rings is 1. The maximum Gasteiger partial charge on any atom is 0.228 e. The summed E-state index contributed by atoms with van der Waals surface area (Å²) >= 11 is 1.69. The molecule has 0 spiro atoms. The van der Waals surface area contributed by atoms with Crippen molar-refractivity contribution in [1.82, 2.24) is 4.98 Å². The van der Waals surface area contributed by atoms with Crippen molar-refractivity contribution in [3.63, 3.8) is 0 Å². The average molecular weight is 386 g/mol. The molecular weight excluding hydrogens is 368 g/mol. The molecular formula is C19H18N2O3S2. The number of sulfone groups is 1. The van der Waals surface area contributed by atoms with Crippen molar-refractivity contribution in [2.75, 3.05) is 16.8 Å². The summed E-state index contributed by atoms with van der Waals surface area (Å²) < 4.78 is 24.2. The van der Waals surface area contributed by atoms with Gasteiger partial charge in [0.15, 0.2) is 9.84 Å². The van der Waals surface area contributed by atoms with Gasteiger partial charge in [-0.3, -0.25) is 4.79 Å². The first-order chi connectivity index (χ1) is 12.5. The lowest BCUT2D eigenvalue weighted by Gasteiger charge is -2.10. The van der Waals surface area contributed by atoms with E-state index in [1.807, 2.05) is 42.5 Å². The summed E-state index contributed by atoms with van der Waals surface area (Å²) in [7, 11) is -3.05. The number of nitrogens with zero attached hydrogens (tertiary/aromatic N) is 1. The van der Waals surface area contributed by atoms with E-state index >= 15 is 0 Å². The SMILES string of the molecule is O=C(Nc1ccc(Cc2nc3ccccc3s2)cc1)C1CCS(=O)(=O)C1. The minimum atomic E-state index is -3.05. The van der Waals surface area contributed by atoms with E-state index in [4.69, 9.17) is 0 Å². The highest BCUT2D eigenvalue weighted by atomic mass is 32.2. The summed E-state index contributed by atoms with van der Waals surface area (Å²) in [6.45, 7) is 0. The van der Waals surface area contributed by atoms with Crippen LogP contribution in [0.15, 0.2) is 48.5 Å². The van der Waals surface area contributed by atoms with Gasteiger partial charge < -0.3 is 5.32 Å². The van der Waals surface area contributed by atoms with Gasteiger partial charge in [0.25, 0.3) is 0 Å². The number of aromatic nitrogens is 1. The molecule has 0 aliphatic carbocycles. The fourth-order valence-corrected chi connectivity index (χ4v) is 5.87. The molecule has 4 rings (SSSR count). The van der Waals surface area contributed by atoms with Gasteiger partial charge >= 0.3 is 0 Å². The predicted octanol–water partition coefficient (Wildman–Crippen LogP) is 3.26. The summed E-state index contributed by atoms with van der Waals surface area (Å²) in [5, 5.41) is 3.87. The van der Waals surface area contributed by atoms with Gasteiger partial charge in [0.05, 0.1) is 32.6 Å². The predicted molar refractivity (Wildman–Crippen MR) is 104 cm³/mol. The van der Waals surface area contributed by atoms with Crippen LogP contribution in [0.1, 0.15) is 17.0 Å². The molecule has 0 radical (unpaired) electrons. The molecule has 1 unspecified atom stereocenters. The number of nitrogens with one attached hydrogen (secondary N) is 1. The number of hydrogen-bond donors (Lipinski definition) is 1. The molecule has 1 aliphatic heterocycles. The molecule has 5 nitrogen and oxygen atoms in total. The van der Waals surface area contributed by atoms with Gasteiger partial charge in [0.2, 0.25) is 5.91 Å². The van der Waals surface area contributed by atoms with Crippen molar-refractivity contribution in [2.45, 2.75) is 12.8 Å². The molecule has 1 atom stereocenters. The third-order valence-corrected chi connectivity index (χ3v) is 7.32. The highest BCUT2D eigenvalue weighted by Gasteiger charge is 2.32. The van der Waals surface area contributed by atoms with Gasteiger partial charge in [-0.15, -0.1) is 11.3 Å². The fourth-order valence-electron chi connectivity index (χ4n) is 3.12. The van der Waals surface area contributed by atoms with Crippen LogP contribution in [0.5, 0.6) is 0 Å². The quantitative estimate of drug-likeness (QED) is 0.747. The summed E-state index contributed by atoms with van der Waals surface area (Å²) in [4.78, 5) is 16.8. The third kappa shape index (κ3) is 3.78. The van der Waals surface area contributed by atoms with Crippen LogP contribution in [0.3, 0.4) is 0 Å². The second-order valence-electron chi connectivity index (χ2n) is 6.54. The van der Waals surface area contributed by atoms with Crippen molar-refractivity contribution < 1.29 is 13.2 Å². The largest absolute Gasteiger partial charge is 0.326 e. The Balaban J connectivity index is 1.41. The molecule has 0 bridgehead atoms. The highest BCUT2D eigenvalue weighted by molar-refractivity contribution is 7.91. The first-order valence-electron chi connectivity index (χ1n) is 8.43. The Kier molecular flexibility index (Phi) is 4.50. The second kappa shape index (κ2) is 6.81. The number of anilines is 1. The van der Waals surface area contributed by atoms with E-state index in [2.05, 4.69) is 16.4 Å². The molecule has 1 N–H and O–H groups in total. The molecule has 3 aromatic rings. The number of benzene rings is 2. The second-order valence-corrected chi connectivity index (χ2v) is 9.88. The number of carbonyl (C=O) groups excluding carboxylic acids is 1. The highest BCUT2D eigenvalue weighted by Crippen LogP contribution is 2.24. The molecule has 0 saturated carbocycles. The molecule has 2 heterocycles. The molecule has 26 heavy (non-hydrogen) atoms. The molecule has 1 aliphatic rings. The van der Waals surface area contributed by atoms with E-state index in [1.54, 1.807) is 11.3 Å². The number of hydrogen-bond acceptors (Lipinski definition) is 5. The van der Waals surface area contributed by atoms with Crippen LogP contribution in [-0.4, -0.2) is 30.8 Å². The van der Waals surface area contributed by atoms with Gasteiger partial charge in [0.1, 0.15) is 0 Å². The standard InChI is InChI=1S/C19H18N2O3S2/c22-19(14-9-10-26(23,24)12-14)20-15-7-5-13(6-8-15)11-18-21-16-3-1-2-4-17(16)25-18/h1-8,14H,9-12H2,(H,20,22). The summed E-state index contributed by atoms with van der Waals surface area (Å²) in [6.07, 6.45) is 1.15. The zero-order valence-corrected chi connectivity index (χ0v) is 15.6. The van der Waals surface area contributed by atoms with E-state index in [0.29, 0.717) is 12.1 Å². The minimum Gasteiger partial charge on any atom is -0.326 e. The summed E-state index contributed by atoms with van der Waals surface area (Å²) in [6, 6.07) is 15.7. The molecule has 1 saturated heterocycles. The van der Waals surface area contributed by atoms with Gasteiger partial charge in [-0.05, 0) is 36.2 Å². The van der Waals surface area contributed by atoms with Gasteiger partial charge in [-0.2, -0.15) is 0 Å². The normalized spacial score (nSPS) is 18.8. The number of rotatable bonds is 4. The Morgan fingerprint density at radius 3 is 2.62 bits per heavy atom. The van der Waals surface area contributed by atoms with Crippen molar-refractivity contribution in [1.29, 1.82) is 0 Å². The Hall–Kier alpha value is -2.25. The Morgan fingerprint density at radius 2 is 1.92 bits per heavy atom. The molecule has 1 aromatic heterocycles. The lowest BCUT2D eigenvalue weighted by Crippen LogP contribution is -2.23. The zero-order valence-electron chi connectivity index (χ0n) is 14.0. The van der Waals surface area contributed by atoms with Crippen LogP contribution in [0.4, 0.5) is 5.69 Å². The van der Waals surface area contributed by atoms with Crippen LogP contribution in [0, 0.1) is 5.92 Å². The van der Waals surface area contributed by atoms with Crippen LogP contribution >= 0.6 is 11.3 Å². The van der Waals surface area contributed by atoms with Gasteiger partial charge in [-0.25, -0.2) is 13.4 Å². The Bertz CT molecular complexity index is 1020. The molecule has 2 aromatic carbocycles. The fraction of sp³-hybridized carbons (Fsp3) is 0.263. The van der Waals surface area contributed by atoms with Crippen LogP contribution < -0.4 is 5.32 Å². The molecule has 7 heteroatoms. The van der Waals surface area contributed by atoms with E-state index < -0.39 is 15.8 Å². The monoisotopic (exact) mass is 386 g/mol. The first kappa shape index (κ1) is 17.2. The van der Waals surface area contributed by atoms with E-state index in [-0.39, 0.29) is 17.4 Å². The summed E-state index contributed by atoms with van der Waals surface area (Å²) in [5.41, 5.74) is 2.82. The zero-order chi connectivity index (χ0) is 18.1. The topological polar surface area (TPSA) is 76.1 Å². The van der Waals surface area contributed by atoms with Crippen molar-refractivity contribution in [3.8, 4) is 0 Å². The lowest BCUT2D eigenvalue weighted by molar-refractivity contribution is -0.119.